The first kappa shape index (κ1) is 39.1. The average Bonchev–Trinajstić information content (AvgIpc) is 2.91. The van der Waals surface area contributed by atoms with Crippen LogP contribution in [0.2, 0.25) is 0 Å². The molecular weight excluding hydrogens is 470 g/mol. The highest BCUT2D eigenvalue weighted by Crippen LogP contribution is 2.12. The summed E-state index contributed by atoms with van der Waals surface area (Å²) in [5.41, 5.74) is 0. The third-order valence-electron chi connectivity index (χ3n) is 7.13. The Hall–Kier alpha value is -1.06. The highest BCUT2D eigenvalue weighted by Gasteiger charge is 2.02. The molecule has 0 unspecified atom stereocenters. The smallest absolute Gasteiger partial charge is 0.305 e. The van der Waals surface area contributed by atoms with E-state index >= 15 is 0 Å². The van der Waals surface area contributed by atoms with Gasteiger partial charge in [-0.25, -0.2) is 0 Å². The Labute approximate surface area is 239 Å². The highest BCUT2D eigenvalue weighted by molar-refractivity contribution is 5.75. The first-order valence-corrected chi connectivity index (χ1v) is 17.0. The molecule has 0 aliphatic rings. The Morgan fingerprint density at radius 1 is 0.447 bits per heavy atom. The van der Waals surface area contributed by atoms with Crippen LogP contribution in [0.5, 0.6) is 0 Å². The highest BCUT2D eigenvalue weighted by atomic mass is 16.5. The molecule has 38 heavy (non-hydrogen) atoms. The lowest BCUT2D eigenvalue weighted by molar-refractivity contribution is -0.143. The number of hydrogen-bond donors (Lipinski definition) is 1. The van der Waals surface area contributed by atoms with E-state index in [0.717, 1.165) is 25.8 Å². The molecule has 0 aromatic carbocycles. The lowest BCUT2D eigenvalue weighted by Crippen LogP contribution is -2.21. The van der Waals surface area contributed by atoms with Gasteiger partial charge in [-0.1, -0.05) is 156 Å². The van der Waals surface area contributed by atoms with E-state index in [2.05, 4.69) is 26.1 Å². The third-order valence-corrected chi connectivity index (χ3v) is 7.13. The van der Waals surface area contributed by atoms with Gasteiger partial charge in [0.25, 0.3) is 0 Å². The van der Waals surface area contributed by atoms with Crippen LogP contribution in [0, 0.1) is 0 Å². The quantitative estimate of drug-likeness (QED) is 0.0794. The van der Waals surface area contributed by atoms with Crippen LogP contribution in [-0.2, 0) is 14.3 Å². The fraction of sp³-hybridized carbons (Fsp3) is 0.941. The Kier molecular flexibility index (Phi) is 37.0. The molecule has 0 aromatic heterocycles. The van der Waals surface area contributed by atoms with Crippen molar-refractivity contribution in [1.82, 2.24) is 5.32 Å². The molecule has 0 saturated carbocycles. The number of unbranched alkanes of at least 4 members (excludes halogenated alkanes) is 21. The summed E-state index contributed by atoms with van der Waals surface area (Å²) >= 11 is 0. The molecule has 228 valence electrons. The minimum atomic E-state index is 0.00687. The van der Waals surface area contributed by atoms with Crippen LogP contribution in [0.15, 0.2) is 0 Å². The molecule has 0 heterocycles. The van der Waals surface area contributed by atoms with Crippen molar-refractivity contribution in [2.24, 2.45) is 0 Å². The van der Waals surface area contributed by atoms with Crippen molar-refractivity contribution in [1.29, 1.82) is 0 Å². The predicted octanol–water partition coefficient (Wildman–Crippen LogP) is 10.9. The summed E-state index contributed by atoms with van der Waals surface area (Å²) in [5.74, 6) is 0.220. The van der Waals surface area contributed by atoms with Crippen molar-refractivity contribution < 1.29 is 14.3 Å². The lowest BCUT2D eigenvalue weighted by Gasteiger charge is -2.05. The number of amides is 1. The van der Waals surface area contributed by atoms with Crippen LogP contribution in [0.4, 0.5) is 0 Å². The number of esters is 1. The predicted molar refractivity (Wildman–Crippen MR) is 167 cm³/mol. The number of carbonyl (C=O) groups excluding carboxylic acids is 2. The minimum Gasteiger partial charge on any atom is -0.466 e. The van der Waals surface area contributed by atoms with Crippen LogP contribution in [-0.4, -0.2) is 25.0 Å². The van der Waals surface area contributed by atoms with Gasteiger partial charge in [0.05, 0.1) is 6.61 Å². The Bertz CT molecular complexity index is 467. The minimum absolute atomic E-state index is 0.00687. The standard InChI is InChI=1S/C20H40O2.C14H29NO/c1-3-5-7-9-10-11-12-13-14-15-16-18-20(21)22-19-17-8-6-4-2;1-3-5-6-7-8-9-10-11-12-13-14(16)15-4-2/h3-19H2,1-2H3;3-13H2,1-2H3,(H,15,16). The number of ether oxygens (including phenoxy) is 1. The van der Waals surface area contributed by atoms with E-state index in [4.69, 9.17) is 4.74 Å². The normalized spacial score (nSPS) is 10.6. The van der Waals surface area contributed by atoms with E-state index in [9.17, 15) is 9.59 Å². The zero-order chi connectivity index (χ0) is 28.4. The molecule has 0 aliphatic carbocycles. The lowest BCUT2D eigenvalue weighted by atomic mass is 10.1. The van der Waals surface area contributed by atoms with Gasteiger partial charge in [0.2, 0.25) is 5.91 Å². The van der Waals surface area contributed by atoms with Gasteiger partial charge in [-0.2, -0.15) is 0 Å². The first-order valence-electron chi connectivity index (χ1n) is 17.0. The topological polar surface area (TPSA) is 55.4 Å². The fourth-order valence-corrected chi connectivity index (χ4v) is 4.60. The zero-order valence-corrected chi connectivity index (χ0v) is 26.5. The van der Waals surface area contributed by atoms with E-state index < -0.39 is 0 Å². The van der Waals surface area contributed by atoms with Gasteiger partial charge in [0, 0.05) is 19.4 Å². The number of rotatable bonds is 28. The van der Waals surface area contributed by atoms with Gasteiger partial charge in [-0.15, -0.1) is 0 Å². The Morgan fingerprint density at radius 2 is 0.789 bits per heavy atom. The maximum atomic E-state index is 11.5. The third kappa shape index (κ3) is 37.1. The molecule has 1 amide bonds. The van der Waals surface area contributed by atoms with Crippen LogP contribution >= 0.6 is 0 Å². The molecule has 0 spiro atoms. The maximum absolute atomic E-state index is 11.5. The molecule has 0 fully saturated rings. The zero-order valence-electron chi connectivity index (χ0n) is 26.5. The van der Waals surface area contributed by atoms with Gasteiger partial charge in [-0.05, 0) is 26.2 Å². The van der Waals surface area contributed by atoms with Crippen molar-refractivity contribution >= 4 is 11.9 Å². The second kappa shape index (κ2) is 35.9. The molecule has 0 saturated heterocycles. The van der Waals surface area contributed by atoms with Crippen LogP contribution < -0.4 is 5.32 Å². The summed E-state index contributed by atoms with van der Waals surface area (Å²) in [6.07, 6.45) is 32.3. The van der Waals surface area contributed by atoms with E-state index in [1.54, 1.807) is 0 Å². The summed E-state index contributed by atoms with van der Waals surface area (Å²) in [6.45, 7) is 10.1. The molecule has 4 heteroatoms. The van der Waals surface area contributed by atoms with Crippen molar-refractivity contribution in [3.05, 3.63) is 0 Å². The van der Waals surface area contributed by atoms with Gasteiger partial charge in [0.1, 0.15) is 0 Å². The molecule has 0 atom stereocenters. The monoisotopic (exact) mass is 540 g/mol. The van der Waals surface area contributed by atoms with Crippen molar-refractivity contribution in [2.45, 2.75) is 195 Å². The van der Waals surface area contributed by atoms with E-state index in [1.807, 2.05) is 6.92 Å². The Morgan fingerprint density at radius 3 is 1.18 bits per heavy atom. The van der Waals surface area contributed by atoms with Crippen LogP contribution in [0.25, 0.3) is 0 Å². The van der Waals surface area contributed by atoms with E-state index in [-0.39, 0.29) is 11.9 Å². The number of carbonyl (C=O) groups is 2. The van der Waals surface area contributed by atoms with Crippen molar-refractivity contribution in [3.63, 3.8) is 0 Å². The molecule has 0 bridgehead atoms. The number of hydrogen-bond acceptors (Lipinski definition) is 3. The van der Waals surface area contributed by atoms with Crippen LogP contribution in [0.1, 0.15) is 195 Å². The largest absolute Gasteiger partial charge is 0.466 e. The summed E-state index contributed by atoms with van der Waals surface area (Å²) in [7, 11) is 0. The van der Waals surface area contributed by atoms with Gasteiger partial charge in [-0.3, -0.25) is 9.59 Å². The molecule has 0 rings (SSSR count). The molecular formula is C34H69NO3. The summed E-state index contributed by atoms with van der Waals surface area (Å²) in [6, 6.07) is 0. The Balaban J connectivity index is 0. The molecule has 0 aliphatic heterocycles. The first-order chi connectivity index (χ1) is 18.6. The van der Waals surface area contributed by atoms with Gasteiger partial charge >= 0.3 is 5.97 Å². The van der Waals surface area contributed by atoms with E-state index in [1.165, 1.54) is 135 Å². The van der Waals surface area contributed by atoms with Crippen LogP contribution in [0.3, 0.4) is 0 Å². The van der Waals surface area contributed by atoms with Crippen molar-refractivity contribution in [2.75, 3.05) is 13.2 Å². The molecule has 0 aromatic rings. The van der Waals surface area contributed by atoms with Gasteiger partial charge in [0.15, 0.2) is 0 Å². The summed E-state index contributed by atoms with van der Waals surface area (Å²) in [5, 5.41) is 2.83. The molecule has 1 N–H and O–H groups in total. The maximum Gasteiger partial charge on any atom is 0.305 e. The van der Waals surface area contributed by atoms with E-state index in [0.29, 0.717) is 19.4 Å². The molecule has 0 radical (unpaired) electrons. The SMILES string of the molecule is CCCCCCCCCCCC(=O)NCC.CCCCCCCCCCCCCC(=O)OCCCCCC. The fourth-order valence-electron chi connectivity index (χ4n) is 4.60. The summed E-state index contributed by atoms with van der Waals surface area (Å²) < 4.78 is 5.24. The molecule has 4 nitrogen and oxygen atoms in total. The average molecular weight is 540 g/mol. The second-order valence-corrected chi connectivity index (χ2v) is 11.1. The summed E-state index contributed by atoms with van der Waals surface area (Å²) in [4.78, 5) is 22.7. The van der Waals surface area contributed by atoms with Crippen molar-refractivity contribution in [3.8, 4) is 0 Å². The van der Waals surface area contributed by atoms with Gasteiger partial charge < -0.3 is 10.1 Å². The second-order valence-electron chi connectivity index (χ2n) is 11.1. The number of nitrogens with one attached hydrogen (secondary N) is 1.